The molecule has 0 N–H and O–H groups in total. The first kappa shape index (κ1) is 20.7. The summed E-state index contributed by atoms with van der Waals surface area (Å²) < 4.78 is 2.85. The Morgan fingerprint density at radius 1 is 1.00 bits per heavy atom. The van der Waals surface area contributed by atoms with E-state index in [4.69, 9.17) is 26.4 Å². The molecule has 0 spiro atoms. The molecule has 1 nitrogen and oxygen atoms in total. The van der Waals surface area contributed by atoms with Crippen molar-refractivity contribution in [1.82, 2.24) is 0 Å². The molecule has 0 amide bonds. The van der Waals surface area contributed by atoms with Crippen LogP contribution in [0, 0.1) is 0 Å². The second kappa shape index (κ2) is 7.05. The molecular formula is C25H17BrCl2NSZr. The van der Waals surface area contributed by atoms with E-state index in [2.05, 4.69) is 87.7 Å². The summed E-state index contributed by atoms with van der Waals surface area (Å²) in [6.45, 7) is 0. The standard InChI is InChI=1S/C13H9.C12H7BrN.2ClH.H2S.Zr/c1-3-7-12-10(5-1)9-11-6-2-4-8-13(11)12;13-10-1-2-11-9(6-10)5-8-3-4-14-7-12(8)11;;;;/h1-7H,9H2;1-5,7,12H;2*1H;1H2;/q;;;;;+3/p-3. The molecule has 1 unspecified atom stereocenters. The molecule has 153 valence electrons. The average Bonchev–Trinajstić information content (AvgIpc) is 3.30. The van der Waals surface area contributed by atoms with Gasteiger partial charge in [-0.15, -0.1) is 0 Å². The fourth-order valence-corrected chi connectivity index (χ4v) is 23.1. The summed E-state index contributed by atoms with van der Waals surface area (Å²) >= 11 is -1.22. The van der Waals surface area contributed by atoms with Gasteiger partial charge in [-0.3, -0.25) is 0 Å². The summed E-state index contributed by atoms with van der Waals surface area (Å²) in [6, 6.07) is 19.0. The Kier molecular flexibility index (Phi) is 4.71. The zero-order chi connectivity index (χ0) is 21.4. The fraction of sp³-hybridized carbons (Fsp3) is 0.0800. The molecule has 1 aliphatic heterocycles. The summed E-state index contributed by atoms with van der Waals surface area (Å²) in [5.41, 5.74) is 8.43. The van der Waals surface area contributed by atoms with Crippen LogP contribution in [0.1, 0.15) is 28.2 Å². The Morgan fingerprint density at radius 2 is 1.81 bits per heavy atom. The van der Waals surface area contributed by atoms with E-state index >= 15 is 0 Å². The van der Waals surface area contributed by atoms with Crippen LogP contribution in [0.5, 0.6) is 0 Å². The van der Waals surface area contributed by atoms with Gasteiger partial charge < -0.3 is 0 Å². The number of halogens is 3. The summed E-state index contributed by atoms with van der Waals surface area (Å²) in [4.78, 5) is 4.35. The predicted molar refractivity (Wildman–Crippen MR) is 137 cm³/mol. The molecule has 3 aromatic rings. The van der Waals surface area contributed by atoms with Gasteiger partial charge in [-0.1, -0.05) is 0 Å². The Morgan fingerprint density at radius 3 is 2.68 bits per heavy atom. The molecular weight excluding hydrogens is 588 g/mol. The second-order valence-corrected chi connectivity index (χ2v) is 35.0. The van der Waals surface area contributed by atoms with Gasteiger partial charge in [0, 0.05) is 0 Å². The molecule has 0 radical (unpaired) electrons. The first-order valence-electron chi connectivity index (χ1n) is 10.1. The van der Waals surface area contributed by atoms with Crippen molar-refractivity contribution < 1.29 is 14.9 Å². The number of nitrogens with zero attached hydrogens (tertiary/aromatic N) is 1. The van der Waals surface area contributed by atoms with Crippen molar-refractivity contribution in [3.05, 3.63) is 99.2 Å². The molecule has 6 rings (SSSR count). The van der Waals surface area contributed by atoms with Gasteiger partial charge in [0.2, 0.25) is 0 Å². The number of fused-ring (bicyclic) bond motifs is 6. The van der Waals surface area contributed by atoms with Crippen molar-refractivity contribution in [1.29, 1.82) is 0 Å². The molecule has 1 atom stereocenters. The van der Waals surface area contributed by atoms with Crippen molar-refractivity contribution in [3.63, 3.8) is 0 Å². The average molecular weight is 606 g/mol. The zero-order valence-corrected chi connectivity index (χ0v) is 22.8. The molecule has 0 fully saturated rings. The first-order valence-corrected chi connectivity index (χ1v) is 23.4. The Bertz CT molecular complexity index is 1380. The van der Waals surface area contributed by atoms with E-state index < -0.39 is 14.9 Å². The fourth-order valence-electron chi connectivity index (χ4n) is 5.17. The van der Waals surface area contributed by atoms with Crippen molar-refractivity contribution in [2.24, 2.45) is 4.99 Å². The third kappa shape index (κ3) is 3.02. The van der Waals surface area contributed by atoms with Gasteiger partial charge in [-0.2, -0.15) is 0 Å². The predicted octanol–water partition coefficient (Wildman–Crippen LogP) is 6.89. The van der Waals surface area contributed by atoms with Crippen LogP contribution < -0.4 is 6.54 Å². The molecule has 0 saturated carbocycles. The summed E-state index contributed by atoms with van der Waals surface area (Å²) in [5, 5.41) is 0. The van der Waals surface area contributed by atoms with Crippen LogP contribution in [0.25, 0.3) is 17.2 Å². The van der Waals surface area contributed by atoms with E-state index in [9.17, 15) is 0 Å². The number of hydrogen-bond donors (Lipinski definition) is 1. The Balaban J connectivity index is 1.65. The van der Waals surface area contributed by atoms with Crippen molar-refractivity contribution >= 4 is 61.2 Å². The quantitative estimate of drug-likeness (QED) is 0.239. The molecule has 1 heterocycles. The molecule has 3 aromatic carbocycles. The van der Waals surface area contributed by atoms with Gasteiger partial charge in [-0.25, -0.2) is 0 Å². The van der Waals surface area contributed by atoms with Crippen LogP contribution in [0.3, 0.4) is 0 Å². The van der Waals surface area contributed by atoms with Crippen LogP contribution in [-0.4, -0.2) is 6.21 Å². The molecule has 0 saturated heterocycles. The Labute approximate surface area is 201 Å². The molecule has 0 bridgehead atoms. The first-order chi connectivity index (χ1) is 14.8. The molecule has 6 heteroatoms. The van der Waals surface area contributed by atoms with Gasteiger partial charge in [-0.05, 0) is 0 Å². The van der Waals surface area contributed by atoms with E-state index in [-0.39, 0.29) is 5.92 Å². The summed E-state index contributed by atoms with van der Waals surface area (Å²) in [6.07, 6.45) is 8.97. The van der Waals surface area contributed by atoms with Crippen LogP contribution in [0.15, 0.2) is 81.9 Å². The van der Waals surface area contributed by atoms with E-state index in [0.29, 0.717) is 0 Å². The van der Waals surface area contributed by atoms with Gasteiger partial charge in [0.1, 0.15) is 0 Å². The number of aliphatic imine (C=N–C) groups is 1. The number of allylic oxidation sites excluding steroid dienone is 2. The maximum absolute atomic E-state index is 7.61. The van der Waals surface area contributed by atoms with E-state index in [1.165, 1.54) is 27.8 Å². The van der Waals surface area contributed by atoms with E-state index in [1.54, 1.807) is 0 Å². The molecule has 31 heavy (non-hydrogen) atoms. The number of hydrogen-bond acceptors (Lipinski definition) is 2. The SMILES string of the molecule is [SH][Zr]([Cl])([Cl])([c]1cccc2c1-c1ccccc1C2)[c]1c(Br)ccc2c1C=C1C=CN=CC12. The molecule has 2 aliphatic carbocycles. The van der Waals surface area contributed by atoms with E-state index in [0.717, 1.165) is 28.6 Å². The summed E-state index contributed by atoms with van der Waals surface area (Å²) in [5.74, 6) is 0.140. The number of thiol groups is 1. The van der Waals surface area contributed by atoms with Gasteiger partial charge in [0.15, 0.2) is 0 Å². The molecule has 3 aliphatic rings. The van der Waals surface area contributed by atoms with Crippen molar-refractivity contribution in [3.8, 4) is 11.1 Å². The maximum atomic E-state index is 7.61. The van der Waals surface area contributed by atoms with Crippen LogP contribution in [0.2, 0.25) is 0 Å². The monoisotopic (exact) mass is 602 g/mol. The third-order valence-electron chi connectivity index (χ3n) is 6.52. The van der Waals surface area contributed by atoms with E-state index in [1.807, 2.05) is 12.4 Å². The van der Waals surface area contributed by atoms with Crippen LogP contribution in [-0.2, 0) is 21.4 Å². The summed E-state index contributed by atoms with van der Waals surface area (Å²) in [7, 11) is 20.5. The molecule has 0 aromatic heterocycles. The van der Waals surface area contributed by atoms with Crippen molar-refractivity contribution in [2.45, 2.75) is 12.3 Å². The third-order valence-corrected chi connectivity index (χ3v) is 22.2. The van der Waals surface area contributed by atoms with Crippen molar-refractivity contribution in [2.75, 3.05) is 0 Å². The van der Waals surface area contributed by atoms with Gasteiger partial charge in [0.25, 0.3) is 0 Å². The minimum absolute atomic E-state index is 0.140. The second-order valence-electron chi connectivity index (χ2n) is 8.30. The van der Waals surface area contributed by atoms with Crippen LogP contribution in [0.4, 0.5) is 0 Å². The van der Waals surface area contributed by atoms with Gasteiger partial charge >= 0.3 is 204 Å². The van der Waals surface area contributed by atoms with Gasteiger partial charge in [0.05, 0.1) is 0 Å². The Hall–Kier alpha value is -0.897. The number of benzene rings is 3. The van der Waals surface area contributed by atoms with Crippen LogP contribution >= 0.6 is 42.3 Å². The zero-order valence-electron chi connectivity index (χ0n) is 16.3. The normalized spacial score (nSPS) is 19.2. The number of rotatable bonds is 2. The topological polar surface area (TPSA) is 12.4 Å². The minimum atomic E-state index is -5.01.